The molecule has 1 fully saturated rings. The molecule has 1 rings (SSSR count). The van der Waals surface area contributed by atoms with Crippen LogP contribution in [0.2, 0.25) is 0 Å². The van der Waals surface area contributed by atoms with Crippen molar-refractivity contribution in [2.24, 2.45) is 5.73 Å². The van der Waals surface area contributed by atoms with Crippen molar-refractivity contribution in [2.75, 3.05) is 0 Å². The normalized spacial score (nSPS) is 39.5. The van der Waals surface area contributed by atoms with E-state index in [1.165, 1.54) is 0 Å². The third kappa shape index (κ3) is 1.22. The van der Waals surface area contributed by atoms with Crippen LogP contribution in [0.5, 0.6) is 0 Å². The molecule has 0 bridgehead atoms. The smallest absolute Gasteiger partial charge is 0.379 e. The van der Waals surface area contributed by atoms with Gasteiger partial charge in [0.05, 0.1) is 0 Å². The summed E-state index contributed by atoms with van der Waals surface area (Å²) in [6.45, 7) is 0. The van der Waals surface area contributed by atoms with Gasteiger partial charge in [-0.05, 0) is 19.3 Å². The van der Waals surface area contributed by atoms with Crippen LogP contribution >= 0.6 is 0 Å². The summed E-state index contributed by atoms with van der Waals surface area (Å²) in [7, 11) is 0. The largest absolute Gasteiger partial charge is 0.418 e. The van der Waals surface area contributed by atoms with Crippen molar-refractivity contribution in [2.45, 2.75) is 37.1 Å². The Kier molecular flexibility index (Phi) is 1.88. The van der Waals surface area contributed by atoms with Crippen LogP contribution in [0.4, 0.5) is 13.2 Å². The Labute approximate surface area is 62.2 Å². The van der Waals surface area contributed by atoms with Crippen LogP contribution in [-0.2, 0) is 0 Å². The molecule has 3 N–H and O–H groups in total. The highest BCUT2D eigenvalue weighted by molar-refractivity contribution is 5.00. The first-order valence-corrected chi connectivity index (χ1v) is 3.42. The van der Waals surface area contributed by atoms with Gasteiger partial charge in [0.2, 0.25) is 0 Å². The van der Waals surface area contributed by atoms with Crippen molar-refractivity contribution in [3.05, 3.63) is 0 Å². The minimum absolute atomic E-state index is 0.246. The maximum atomic E-state index is 12.1. The molecule has 0 saturated heterocycles. The van der Waals surface area contributed by atoms with Crippen LogP contribution in [0.15, 0.2) is 0 Å². The Morgan fingerprint density at radius 1 is 1.45 bits per heavy atom. The van der Waals surface area contributed by atoms with Crippen molar-refractivity contribution in [1.29, 1.82) is 0 Å². The zero-order valence-electron chi connectivity index (χ0n) is 5.86. The molecule has 1 saturated carbocycles. The van der Waals surface area contributed by atoms with Gasteiger partial charge in [0, 0.05) is 6.04 Å². The fourth-order valence-corrected chi connectivity index (χ4v) is 1.37. The van der Waals surface area contributed by atoms with Gasteiger partial charge in [-0.25, -0.2) is 0 Å². The van der Waals surface area contributed by atoms with Crippen molar-refractivity contribution >= 4 is 0 Å². The molecule has 11 heavy (non-hydrogen) atoms. The van der Waals surface area contributed by atoms with Gasteiger partial charge >= 0.3 is 6.18 Å². The van der Waals surface area contributed by atoms with Crippen LogP contribution in [0.3, 0.4) is 0 Å². The number of rotatable bonds is 0. The second-order valence-electron chi connectivity index (χ2n) is 2.92. The third-order valence-electron chi connectivity index (χ3n) is 2.18. The first-order chi connectivity index (χ1) is 4.88. The lowest BCUT2D eigenvalue weighted by Gasteiger charge is -2.29. The monoisotopic (exact) mass is 169 g/mol. The molecule has 5 heteroatoms. The van der Waals surface area contributed by atoms with E-state index in [1.54, 1.807) is 0 Å². The van der Waals surface area contributed by atoms with Crippen molar-refractivity contribution in [1.82, 2.24) is 0 Å². The fourth-order valence-electron chi connectivity index (χ4n) is 1.37. The lowest BCUT2D eigenvalue weighted by Crippen LogP contribution is -2.54. The molecular formula is C6H10F3NO. The molecule has 0 aromatic rings. The van der Waals surface area contributed by atoms with E-state index in [1.807, 2.05) is 0 Å². The Bertz CT molecular complexity index is 158. The highest BCUT2D eigenvalue weighted by atomic mass is 19.4. The van der Waals surface area contributed by atoms with Gasteiger partial charge in [-0.2, -0.15) is 13.2 Å². The minimum atomic E-state index is -4.58. The van der Waals surface area contributed by atoms with Crippen molar-refractivity contribution < 1.29 is 18.3 Å². The summed E-state index contributed by atoms with van der Waals surface area (Å²) in [5.74, 6) is 0. The topological polar surface area (TPSA) is 46.2 Å². The second-order valence-corrected chi connectivity index (χ2v) is 2.92. The zero-order chi connectivity index (χ0) is 8.70. The highest BCUT2D eigenvalue weighted by Crippen LogP contribution is 2.41. The predicted molar refractivity (Wildman–Crippen MR) is 32.8 cm³/mol. The van der Waals surface area contributed by atoms with Gasteiger partial charge in [0.15, 0.2) is 5.60 Å². The van der Waals surface area contributed by atoms with Gasteiger partial charge < -0.3 is 10.8 Å². The molecule has 2 nitrogen and oxygen atoms in total. The molecule has 0 aromatic carbocycles. The molecule has 2 atom stereocenters. The fraction of sp³-hybridized carbons (Fsp3) is 1.00. The molecule has 1 aliphatic carbocycles. The molecule has 0 radical (unpaired) electrons. The van der Waals surface area contributed by atoms with Gasteiger partial charge in [-0.1, -0.05) is 0 Å². The van der Waals surface area contributed by atoms with E-state index in [-0.39, 0.29) is 12.8 Å². The first-order valence-electron chi connectivity index (χ1n) is 3.42. The number of hydrogen-bond acceptors (Lipinski definition) is 2. The van der Waals surface area contributed by atoms with Gasteiger partial charge in [-0.3, -0.25) is 0 Å². The van der Waals surface area contributed by atoms with E-state index < -0.39 is 17.8 Å². The van der Waals surface area contributed by atoms with E-state index in [0.29, 0.717) is 6.42 Å². The highest BCUT2D eigenvalue weighted by Gasteiger charge is 2.59. The predicted octanol–water partition coefficient (Wildman–Crippen LogP) is 0.791. The quantitative estimate of drug-likeness (QED) is 0.563. The Morgan fingerprint density at radius 2 is 2.00 bits per heavy atom. The molecule has 0 aromatic heterocycles. The number of nitrogens with two attached hydrogens (primary N) is 1. The van der Waals surface area contributed by atoms with Crippen LogP contribution in [0, 0.1) is 0 Å². The Hall–Kier alpha value is -0.290. The molecule has 66 valence electrons. The molecule has 0 amide bonds. The lowest BCUT2D eigenvalue weighted by atomic mass is 9.98. The van der Waals surface area contributed by atoms with Crippen LogP contribution in [0.1, 0.15) is 19.3 Å². The van der Waals surface area contributed by atoms with E-state index in [0.717, 1.165) is 0 Å². The van der Waals surface area contributed by atoms with Gasteiger partial charge in [0.25, 0.3) is 0 Å². The summed E-state index contributed by atoms with van der Waals surface area (Å²) >= 11 is 0. The summed E-state index contributed by atoms with van der Waals surface area (Å²) in [6, 6.07) is -1.15. The standard InChI is InChI=1S/C6H10F3NO/c7-6(8,9)5(11)3-1-2-4(5)10/h4,11H,1-3,10H2/t4-,5-/m0/s1. The SMILES string of the molecule is N[C@H]1CCC[C@@]1(O)C(F)(F)F. The molecule has 1 aliphatic rings. The maximum absolute atomic E-state index is 12.1. The number of alkyl halides is 3. The van der Waals surface area contributed by atoms with Crippen LogP contribution < -0.4 is 5.73 Å². The molecule has 0 heterocycles. The summed E-state index contributed by atoms with van der Waals surface area (Å²) in [5.41, 5.74) is 2.50. The Morgan fingerprint density at radius 3 is 2.18 bits per heavy atom. The average Bonchev–Trinajstić information content (AvgIpc) is 2.12. The lowest BCUT2D eigenvalue weighted by molar-refractivity contribution is -0.261. The molecule has 0 spiro atoms. The molecule has 0 unspecified atom stereocenters. The first kappa shape index (κ1) is 8.80. The van der Waals surface area contributed by atoms with E-state index >= 15 is 0 Å². The maximum Gasteiger partial charge on any atom is 0.418 e. The summed E-state index contributed by atoms with van der Waals surface area (Å²) in [4.78, 5) is 0. The Balaban J connectivity index is 2.81. The van der Waals surface area contributed by atoms with E-state index in [9.17, 15) is 13.2 Å². The molecule has 0 aliphatic heterocycles. The van der Waals surface area contributed by atoms with Gasteiger partial charge in [-0.15, -0.1) is 0 Å². The van der Waals surface area contributed by atoms with Gasteiger partial charge in [0.1, 0.15) is 0 Å². The van der Waals surface area contributed by atoms with Crippen molar-refractivity contribution in [3.63, 3.8) is 0 Å². The van der Waals surface area contributed by atoms with Crippen LogP contribution in [0.25, 0.3) is 0 Å². The number of hydrogen-bond donors (Lipinski definition) is 2. The summed E-state index contributed by atoms with van der Waals surface area (Å²) in [5, 5.41) is 9.05. The van der Waals surface area contributed by atoms with E-state index in [4.69, 9.17) is 10.8 Å². The second kappa shape index (κ2) is 2.35. The number of aliphatic hydroxyl groups is 1. The van der Waals surface area contributed by atoms with Crippen LogP contribution in [-0.4, -0.2) is 22.9 Å². The van der Waals surface area contributed by atoms with E-state index in [2.05, 4.69) is 0 Å². The summed E-state index contributed by atoms with van der Waals surface area (Å²) < 4.78 is 36.2. The minimum Gasteiger partial charge on any atom is -0.379 e. The summed E-state index contributed by atoms with van der Waals surface area (Å²) in [6.07, 6.45) is -4.26. The third-order valence-corrected chi connectivity index (χ3v) is 2.18. The molecular weight excluding hydrogens is 159 g/mol. The zero-order valence-corrected chi connectivity index (χ0v) is 5.86. The average molecular weight is 169 g/mol. The number of halogens is 3. The van der Waals surface area contributed by atoms with Crippen molar-refractivity contribution in [3.8, 4) is 0 Å².